The third-order valence-corrected chi connectivity index (χ3v) is 5.35. The Morgan fingerprint density at radius 2 is 1.77 bits per heavy atom. The monoisotopic (exact) mass is 392 g/mol. The first-order valence-corrected chi connectivity index (χ1v) is 9.52. The molecule has 0 amide bonds. The van der Waals surface area contributed by atoms with Gasteiger partial charge >= 0.3 is 5.97 Å². The second-order valence-corrected chi connectivity index (χ2v) is 8.48. The summed E-state index contributed by atoms with van der Waals surface area (Å²) in [7, 11) is 0. The molecule has 1 aliphatic rings. The van der Waals surface area contributed by atoms with E-state index in [9.17, 15) is 4.79 Å². The highest BCUT2D eigenvalue weighted by Crippen LogP contribution is 2.61. The average molecular weight is 393 g/mol. The minimum atomic E-state index is -0.455. The zero-order valence-corrected chi connectivity index (χ0v) is 16.3. The molecule has 3 nitrogen and oxygen atoms in total. The van der Waals surface area contributed by atoms with Crippen LogP contribution in [0.2, 0.25) is 0 Å². The molecule has 2 atom stereocenters. The normalized spacial score (nSPS) is 20.7. The molecular weight excluding hydrogens is 371 g/mol. The van der Waals surface area contributed by atoms with Crippen LogP contribution in [-0.2, 0) is 16.1 Å². The number of alkyl halides is 2. The second-order valence-electron chi connectivity index (χ2n) is 7.20. The van der Waals surface area contributed by atoms with Gasteiger partial charge in [0.2, 0.25) is 0 Å². The van der Waals surface area contributed by atoms with Crippen molar-refractivity contribution in [3.63, 3.8) is 0 Å². The molecule has 26 heavy (non-hydrogen) atoms. The number of esters is 1. The van der Waals surface area contributed by atoms with Gasteiger partial charge in [0.1, 0.15) is 22.9 Å². The molecule has 138 valence electrons. The molecule has 0 radical (unpaired) electrons. The van der Waals surface area contributed by atoms with Crippen LogP contribution in [0, 0.1) is 17.3 Å². The molecule has 0 saturated heterocycles. The number of rotatable bonds is 7. The lowest BCUT2D eigenvalue weighted by atomic mass is 10.1. The van der Waals surface area contributed by atoms with Gasteiger partial charge in [0.25, 0.3) is 0 Å². The molecule has 0 spiro atoms. The Morgan fingerprint density at radius 3 is 2.46 bits per heavy atom. The number of hydrogen-bond donors (Lipinski definition) is 0. The largest absolute Gasteiger partial charge is 0.461 e. The summed E-state index contributed by atoms with van der Waals surface area (Å²) in [5.74, 6) is 1.31. The molecule has 1 fully saturated rings. The van der Waals surface area contributed by atoms with E-state index in [1.807, 2.05) is 68.4 Å². The number of benzene rings is 2. The van der Waals surface area contributed by atoms with Crippen molar-refractivity contribution >= 4 is 29.2 Å². The second kappa shape index (κ2) is 7.89. The Bertz CT molecular complexity index is 759. The number of halogens is 2. The molecular formula is C21H22Cl2O3. The van der Waals surface area contributed by atoms with Crippen molar-refractivity contribution in [2.45, 2.75) is 31.7 Å². The maximum absolute atomic E-state index is 12.4. The summed E-state index contributed by atoms with van der Waals surface area (Å²) in [4.78, 5) is 12.0. The van der Waals surface area contributed by atoms with Crippen molar-refractivity contribution in [2.75, 3.05) is 0 Å². The van der Waals surface area contributed by atoms with Gasteiger partial charge in [-0.1, -0.05) is 44.2 Å². The minimum Gasteiger partial charge on any atom is -0.461 e. The van der Waals surface area contributed by atoms with E-state index < -0.39 is 4.84 Å². The third-order valence-electron chi connectivity index (χ3n) is 4.99. The molecule has 0 aromatic heterocycles. The fourth-order valence-corrected chi connectivity index (χ4v) is 3.80. The molecule has 0 aliphatic heterocycles. The van der Waals surface area contributed by atoms with Gasteiger partial charge in [0.15, 0.2) is 0 Å². The Hall–Kier alpha value is -1.71. The first kappa shape index (κ1) is 19.1. The van der Waals surface area contributed by atoms with E-state index in [1.54, 1.807) is 0 Å². The lowest BCUT2D eigenvalue weighted by Gasteiger charge is -2.09. The quantitative estimate of drug-likeness (QED) is 0.428. The Labute approximate surface area is 164 Å². The van der Waals surface area contributed by atoms with Crippen LogP contribution in [0.15, 0.2) is 54.6 Å². The minimum absolute atomic E-state index is 0.114. The average Bonchev–Trinajstić information content (AvgIpc) is 3.13. The van der Waals surface area contributed by atoms with E-state index >= 15 is 0 Å². The number of para-hydroxylation sites is 1. The molecule has 2 aromatic carbocycles. The van der Waals surface area contributed by atoms with E-state index in [0.717, 1.165) is 11.3 Å². The van der Waals surface area contributed by atoms with Gasteiger partial charge in [-0.3, -0.25) is 4.79 Å². The van der Waals surface area contributed by atoms with Crippen molar-refractivity contribution in [3.8, 4) is 11.5 Å². The number of carbonyl (C=O) groups excluding carboxylic acids is 1. The maximum Gasteiger partial charge on any atom is 0.310 e. The van der Waals surface area contributed by atoms with Crippen LogP contribution >= 0.6 is 23.2 Å². The Morgan fingerprint density at radius 1 is 1.08 bits per heavy atom. The molecule has 0 N–H and O–H groups in total. The van der Waals surface area contributed by atoms with Crippen LogP contribution in [-0.4, -0.2) is 10.8 Å². The van der Waals surface area contributed by atoms with Crippen LogP contribution in [0.5, 0.6) is 11.5 Å². The van der Waals surface area contributed by atoms with Gasteiger partial charge in [-0.25, -0.2) is 0 Å². The number of hydrogen-bond acceptors (Lipinski definition) is 3. The molecule has 3 rings (SSSR count). The standard InChI is InChI=1S/C21H22Cl2O3/c1-21(2)17(12-18(22)23)19(21)20(24)25-13-14-7-6-10-16(11-14)26-15-8-4-3-5-9-15/h3-11,17-19H,12-13H2,1-2H3/t17?,19-/m1/s1. The summed E-state index contributed by atoms with van der Waals surface area (Å²) >= 11 is 11.7. The molecule has 0 bridgehead atoms. The third kappa shape index (κ3) is 4.52. The molecule has 1 aliphatic carbocycles. The Balaban J connectivity index is 1.57. The topological polar surface area (TPSA) is 35.5 Å². The van der Waals surface area contributed by atoms with Gasteiger partial charge < -0.3 is 9.47 Å². The maximum atomic E-state index is 12.4. The van der Waals surface area contributed by atoms with E-state index in [4.69, 9.17) is 32.7 Å². The zero-order valence-electron chi connectivity index (χ0n) is 14.8. The van der Waals surface area contributed by atoms with Gasteiger partial charge in [-0.15, -0.1) is 23.2 Å². The van der Waals surface area contributed by atoms with Crippen LogP contribution in [0.25, 0.3) is 0 Å². The highest BCUT2D eigenvalue weighted by molar-refractivity contribution is 6.44. The zero-order chi connectivity index (χ0) is 18.7. The summed E-state index contributed by atoms with van der Waals surface area (Å²) in [6, 6.07) is 17.1. The van der Waals surface area contributed by atoms with Crippen molar-refractivity contribution < 1.29 is 14.3 Å². The predicted octanol–water partition coefficient (Wildman–Crippen LogP) is 5.99. The molecule has 1 saturated carbocycles. The van der Waals surface area contributed by atoms with Crippen molar-refractivity contribution in [3.05, 3.63) is 60.2 Å². The number of carbonyl (C=O) groups is 1. The van der Waals surface area contributed by atoms with Gasteiger partial charge in [-0.2, -0.15) is 0 Å². The van der Waals surface area contributed by atoms with E-state index in [0.29, 0.717) is 12.2 Å². The smallest absolute Gasteiger partial charge is 0.310 e. The van der Waals surface area contributed by atoms with Gasteiger partial charge in [0, 0.05) is 0 Å². The van der Waals surface area contributed by atoms with E-state index in [-0.39, 0.29) is 29.8 Å². The van der Waals surface area contributed by atoms with Crippen LogP contribution in [0.4, 0.5) is 0 Å². The van der Waals surface area contributed by atoms with Crippen molar-refractivity contribution in [1.82, 2.24) is 0 Å². The first-order chi connectivity index (χ1) is 12.4. The van der Waals surface area contributed by atoms with Gasteiger partial charge in [-0.05, 0) is 47.6 Å². The molecule has 0 heterocycles. The molecule has 5 heteroatoms. The van der Waals surface area contributed by atoms with Gasteiger partial charge in [0.05, 0.1) is 5.92 Å². The fourth-order valence-electron chi connectivity index (χ4n) is 3.41. The van der Waals surface area contributed by atoms with Crippen molar-refractivity contribution in [1.29, 1.82) is 0 Å². The summed E-state index contributed by atoms with van der Waals surface area (Å²) in [6.45, 7) is 4.32. The Kier molecular flexibility index (Phi) is 5.79. The lowest BCUT2D eigenvalue weighted by molar-refractivity contribution is -0.147. The summed E-state index contributed by atoms with van der Waals surface area (Å²) < 4.78 is 11.3. The lowest BCUT2D eigenvalue weighted by Crippen LogP contribution is -2.11. The van der Waals surface area contributed by atoms with Crippen molar-refractivity contribution in [2.24, 2.45) is 17.3 Å². The predicted molar refractivity (Wildman–Crippen MR) is 104 cm³/mol. The summed E-state index contributed by atoms with van der Waals surface area (Å²) in [6.07, 6.45) is 0.607. The van der Waals surface area contributed by atoms with E-state index in [1.165, 1.54) is 0 Å². The summed E-state index contributed by atoms with van der Waals surface area (Å²) in [5, 5.41) is 0. The highest BCUT2D eigenvalue weighted by atomic mass is 35.5. The summed E-state index contributed by atoms with van der Waals surface area (Å²) in [5.41, 5.74) is 0.770. The van der Waals surface area contributed by atoms with Crippen LogP contribution in [0.1, 0.15) is 25.8 Å². The molecule has 1 unspecified atom stereocenters. The van der Waals surface area contributed by atoms with E-state index in [2.05, 4.69) is 0 Å². The molecule has 2 aromatic rings. The van der Waals surface area contributed by atoms with Crippen LogP contribution < -0.4 is 4.74 Å². The number of ether oxygens (including phenoxy) is 2. The first-order valence-electron chi connectivity index (χ1n) is 8.64. The van der Waals surface area contributed by atoms with Crippen LogP contribution in [0.3, 0.4) is 0 Å². The highest BCUT2D eigenvalue weighted by Gasteiger charge is 2.62. The SMILES string of the molecule is CC1(C)C(CC(Cl)Cl)[C@@H]1C(=O)OCc1cccc(Oc2ccccc2)c1. The fraction of sp³-hybridized carbons (Fsp3) is 0.381.